The Labute approximate surface area is 155 Å². The standard InChI is InChI=1S/C19H19N5O3/c25-10-2-5-18-22-19(24-27-18)13-3-1-4-15(11-13)26-17-7-6-14(12-20-17)16-8-9-21-23-16/h1,3-4,6-9,11-12,18,25H,2,5,10H2,(H,21,23)(H,22,24). The van der Waals surface area contributed by atoms with E-state index in [1.165, 1.54) is 0 Å². The highest BCUT2D eigenvalue weighted by Gasteiger charge is 2.19. The second kappa shape index (κ2) is 7.98. The number of H-pyrrole nitrogens is 1. The fourth-order valence-electron chi connectivity index (χ4n) is 2.69. The first-order chi connectivity index (χ1) is 13.3. The van der Waals surface area contributed by atoms with Crippen LogP contribution >= 0.6 is 0 Å². The van der Waals surface area contributed by atoms with E-state index in [-0.39, 0.29) is 12.8 Å². The van der Waals surface area contributed by atoms with Gasteiger partial charge >= 0.3 is 0 Å². The van der Waals surface area contributed by atoms with Gasteiger partial charge in [-0.25, -0.2) is 20.3 Å². The molecule has 3 heterocycles. The zero-order chi connectivity index (χ0) is 18.5. The molecule has 1 atom stereocenters. The van der Waals surface area contributed by atoms with Crippen molar-refractivity contribution in [3.8, 4) is 22.9 Å². The lowest BCUT2D eigenvalue weighted by molar-refractivity contribution is 0.0295. The molecule has 1 aliphatic rings. The van der Waals surface area contributed by atoms with Crippen LogP contribution in [-0.4, -0.2) is 39.0 Å². The number of hydrogen-bond donors (Lipinski definition) is 3. The quantitative estimate of drug-likeness (QED) is 0.595. The minimum Gasteiger partial charge on any atom is -0.439 e. The monoisotopic (exact) mass is 365 g/mol. The number of rotatable bonds is 7. The summed E-state index contributed by atoms with van der Waals surface area (Å²) in [6.07, 6.45) is 4.45. The van der Waals surface area contributed by atoms with Crippen molar-refractivity contribution in [3.05, 3.63) is 60.4 Å². The number of benzene rings is 1. The Morgan fingerprint density at radius 1 is 1.15 bits per heavy atom. The van der Waals surface area contributed by atoms with Crippen LogP contribution in [0.25, 0.3) is 11.3 Å². The van der Waals surface area contributed by atoms with Crippen molar-refractivity contribution >= 4 is 5.84 Å². The largest absolute Gasteiger partial charge is 0.439 e. The maximum Gasteiger partial charge on any atom is 0.219 e. The summed E-state index contributed by atoms with van der Waals surface area (Å²) in [5.74, 6) is 1.79. The number of aromatic nitrogens is 3. The van der Waals surface area contributed by atoms with Gasteiger partial charge in [0, 0.05) is 36.2 Å². The fourth-order valence-corrected chi connectivity index (χ4v) is 2.69. The molecule has 8 nitrogen and oxygen atoms in total. The van der Waals surface area contributed by atoms with Crippen molar-refractivity contribution in [2.75, 3.05) is 6.61 Å². The van der Waals surface area contributed by atoms with Gasteiger partial charge in [0.15, 0.2) is 12.1 Å². The first-order valence-electron chi connectivity index (χ1n) is 8.66. The van der Waals surface area contributed by atoms with E-state index in [2.05, 4.69) is 25.7 Å². The number of hydroxylamine groups is 1. The highest BCUT2D eigenvalue weighted by Crippen LogP contribution is 2.24. The van der Waals surface area contributed by atoms with Gasteiger partial charge in [-0.15, -0.1) is 0 Å². The zero-order valence-electron chi connectivity index (χ0n) is 14.5. The molecule has 27 heavy (non-hydrogen) atoms. The Bertz CT molecular complexity index is 909. The van der Waals surface area contributed by atoms with Crippen LogP contribution in [0.1, 0.15) is 18.4 Å². The number of ether oxygens (including phenoxy) is 1. The highest BCUT2D eigenvalue weighted by atomic mass is 16.7. The third-order valence-electron chi connectivity index (χ3n) is 4.05. The van der Waals surface area contributed by atoms with Crippen LogP contribution in [-0.2, 0) is 4.84 Å². The average molecular weight is 365 g/mol. The van der Waals surface area contributed by atoms with E-state index >= 15 is 0 Å². The van der Waals surface area contributed by atoms with Gasteiger partial charge in [0.25, 0.3) is 0 Å². The molecular weight excluding hydrogens is 346 g/mol. The maximum absolute atomic E-state index is 8.91. The molecular formula is C19H19N5O3. The minimum atomic E-state index is -0.284. The summed E-state index contributed by atoms with van der Waals surface area (Å²) >= 11 is 0. The van der Waals surface area contributed by atoms with E-state index in [9.17, 15) is 0 Å². The molecule has 138 valence electrons. The fraction of sp³-hybridized carbons (Fsp3) is 0.211. The van der Waals surface area contributed by atoms with Crippen LogP contribution in [0.3, 0.4) is 0 Å². The number of aromatic amines is 1. The molecule has 3 N–H and O–H groups in total. The molecule has 0 bridgehead atoms. The lowest BCUT2D eigenvalue weighted by Gasteiger charge is -2.07. The van der Waals surface area contributed by atoms with E-state index in [1.807, 2.05) is 42.5 Å². The van der Waals surface area contributed by atoms with Crippen molar-refractivity contribution in [2.24, 2.45) is 4.99 Å². The molecule has 1 unspecified atom stereocenters. The summed E-state index contributed by atoms with van der Waals surface area (Å²) in [5.41, 5.74) is 5.52. The molecule has 0 saturated carbocycles. The Hall–Kier alpha value is -3.23. The minimum absolute atomic E-state index is 0.125. The second-order valence-electron chi connectivity index (χ2n) is 6.00. The van der Waals surface area contributed by atoms with Gasteiger partial charge < -0.3 is 9.84 Å². The number of pyridine rings is 1. The van der Waals surface area contributed by atoms with E-state index in [0.717, 1.165) is 16.8 Å². The summed E-state index contributed by atoms with van der Waals surface area (Å²) in [6.45, 7) is 0.125. The van der Waals surface area contributed by atoms with Crippen LogP contribution in [0.4, 0.5) is 0 Å². The highest BCUT2D eigenvalue weighted by molar-refractivity contribution is 5.99. The third-order valence-corrected chi connectivity index (χ3v) is 4.05. The van der Waals surface area contributed by atoms with Crippen LogP contribution in [0.15, 0.2) is 59.9 Å². The SMILES string of the molecule is OCCCC1N=C(c2cccc(Oc3ccc(-c4ccn[nH]4)cn3)c2)NO1. The van der Waals surface area contributed by atoms with Gasteiger partial charge in [-0.1, -0.05) is 12.1 Å². The molecule has 8 heteroatoms. The molecule has 0 spiro atoms. The molecule has 0 aliphatic carbocycles. The number of aliphatic hydroxyl groups is 1. The molecule has 0 saturated heterocycles. The Morgan fingerprint density at radius 3 is 2.89 bits per heavy atom. The van der Waals surface area contributed by atoms with Crippen molar-refractivity contribution in [2.45, 2.75) is 19.1 Å². The predicted octanol–water partition coefficient (Wildman–Crippen LogP) is 2.64. The number of aliphatic imine (C=N–C) groups is 1. The lowest BCUT2D eigenvalue weighted by Crippen LogP contribution is -2.19. The molecule has 1 aliphatic heterocycles. The van der Waals surface area contributed by atoms with E-state index in [4.69, 9.17) is 14.7 Å². The van der Waals surface area contributed by atoms with Crippen LogP contribution < -0.4 is 10.2 Å². The normalized spacial score (nSPS) is 16.0. The zero-order valence-corrected chi connectivity index (χ0v) is 14.5. The molecule has 2 aromatic heterocycles. The molecule has 0 fully saturated rings. The molecule has 0 radical (unpaired) electrons. The summed E-state index contributed by atoms with van der Waals surface area (Å²) in [6, 6.07) is 13.1. The smallest absolute Gasteiger partial charge is 0.219 e. The number of nitrogens with zero attached hydrogens (tertiary/aromatic N) is 3. The number of amidine groups is 1. The predicted molar refractivity (Wildman–Crippen MR) is 99.2 cm³/mol. The van der Waals surface area contributed by atoms with E-state index < -0.39 is 0 Å². The summed E-state index contributed by atoms with van der Waals surface area (Å²) in [5, 5.41) is 15.7. The number of nitrogens with one attached hydrogen (secondary N) is 2. The Morgan fingerprint density at radius 2 is 2.11 bits per heavy atom. The summed E-state index contributed by atoms with van der Waals surface area (Å²) < 4.78 is 5.85. The third kappa shape index (κ3) is 4.13. The Balaban J connectivity index is 1.45. The first kappa shape index (κ1) is 17.2. The summed E-state index contributed by atoms with van der Waals surface area (Å²) in [7, 11) is 0. The molecule has 0 amide bonds. The molecule has 1 aromatic carbocycles. The molecule has 4 rings (SSSR count). The van der Waals surface area contributed by atoms with E-state index in [0.29, 0.717) is 30.3 Å². The van der Waals surface area contributed by atoms with Crippen LogP contribution in [0, 0.1) is 0 Å². The van der Waals surface area contributed by atoms with Gasteiger partial charge in [-0.3, -0.25) is 5.10 Å². The van der Waals surface area contributed by atoms with Crippen molar-refractivity contribution in [1.29, 1.82) is 0 Å². The van der Waals surface area contributed by atoms with Crippen molar-refractivity contribution < 1.29 is 14.7 Å². The van der Waals surface area contributed by atoms with Crippen molar-refractivity contribution in [3.63, 3.8) is 0 Å². The van der Waals surface area contributed by atoms with E-state index in [1.54, 1.807) is 12.4 Å². The van der Waals surface area contributed by atoms with Crippen LogP contribution in [0.5, 0.6) is 11.6 Å². The van der Waals surface area contributed by atoms with Crippen molar-refractivity contribution in [1.82, 2.24) is 20.7 Å². The summed E-state index contributed by atoms with van der Waals surface area (Å²) in [4.78, 5) is 14.2. The number of hydrogen-bond acceptors (Lipinski definition) is 7. The van der Waals surface area contributed by atoms with Gasteiger partial charge in [0.05, 0.1) is 5.69 Å². The second-order valence-corrected chi connectivity index (χ2v) is 6.00. The lowest BCUT2D eigenvalue weighted by atomic mass is 10.2. The maximum atomic E-state index is 8.91. The Kier molecular flexibility index (Phi) is 5.08. The van der Waals surface area contributed by atoms with Gasteiger partial charge in [0.2, 0.25) is 5.88 Å². The average Bonchev–Trinajstić information content (AvgIpc) is 3.39. The van der Waals surface area contributed by atoms with Gasteiger partial charge in [-0.05, 0) is 37.1 Å². The van der Waals surface area contributed by atoms with Crippen LogP contribution in [0.2, 0.25) is 0 Å². The number of aliphatic hydroxyl groups excluding tert-OH is 1. The van der Waals surface area contributed by atoms with Gasteiger partial charge in [0.1, 0.15) is 5.75 Å². The van der Waals surface area contributed by atoms with Gasteiger partial charge in [-0.2, -0.15) is 5.10 Å². The molecule has 3 aromatic rings. The first-order valence-corrected chi connectivity index (χ1v) is 8.66. The topological polar surface area (TPSA) is 105 Å².